The molecular formula is C12H15ClN2O4S. The average molecular weight is 319 g/mol. The summed E-state index contributed by atoms with van der Waals surface area (Å²) in [6.45, 7) is 0.256. The topological polar surface area (TPSA) is 89.7 Å². The molecule has 1 aliphatic rings. The number of methoxy groups -OCH3 is 1. The van der Waals surface area contributed by atoms with Gasteiger partial charge in [-0.2, -0.15) is 4.31 Å². The summed E-state index contributed by atoms with van der Waals surface area (Å²) in [5.74, 6) is -0.461. The van der Waals surface area contributed by atoms with Crippen LogP contribution in [0.4, 0.5) is 0 Å². The second kappa shape index (κ2) is 5.59. The van der Waals surface area contributed by atoms with Crippen molar-refractivity contribution in [3.8, 4) is 5.75 Å². The predicted octanol–water partition coefficient (Wildman–Crippen LogP) is 0.987. The number of nitrogens with zero attached hydrogens (tertiary/aromatic N) is 1. The Morgan fingerprint density at radius 3 is 2.80 bits per heavy atom. The number of hydrogen-bond donors (Lipinski definition) is 1. The van der Waals surface area contributed by atoms with Crippen molar-refractivity contribution in [3.05, 3.63) is 23.2 Å². The van der Waals surface area contributed by atoms with Gasteiger partial charge < -0.3 is 10.5 Å². The lowest BCUT2D eigenvalue weighted by molar-refractivity contribution is -0.121. The van der Waals surface area contributed by atoms with Gasteiger partial charge in [0.15, 0.2) is 0 Å². The SMILES string of the molecule is COc1ccc(Cl)cc1S(=O)(=O)N1CCCC1C(N)=O. The summed E-state index contributed by atoms with van der Waals surface area (Å²) in [4.78, 5) is 11.3. The summed E-state index contributed by atoms with van der Waals surface area (Å²) < 4.78 is 31.5. The monoisotopic (exact) mass is 318 g/mol. The van der Waals surface area contributed by atoms with Crippen LogP contribution in [0.3, 0.4) is 0 Å². The van der Waals surface area contributed by atoms with Crippen LogP contribution in [0.2, 0.25) is 5.02 Å². The van der Waals surface area contributed by atoms with Crippen molar-refractivity contribution < 1.29 is 17.9 Å². The zero-order chi connectivity index (χ0) is 14.9. The first-order chi connectivity index (χ1) is 9.37. The van der Waals surface area contributed by atoms with E-state index in [0.717, 1.165) is 4.31 Å². The van der Waals surface area contributed by atoms with Crippen LogP contribution in [0.5, 0.6) is 5.75 Å². The van der Waals surface area contributed by atoms with E-state index in [1.807, 2.05) is 0 Å². The van der Waals surface area contributed by atoms with Crippen molar-refractivity contribution in [2.24, 2.45) is 5.73 Å². The predicted molar refractivity (Wildman–Crippen MR) is 74.1 cm³/mol. The van der Waals surface area contributed by atoms with Crippen molar-refractivity contribution in [1.29, 1.82) is 0 Å². The highest BCUT2D eigenvalue weighted by Crippen LogP contribution is 2.33. The Labute approximate surface area is 122 Å². The zero-order valence-corrected chi connectivity index (χ0v) is 12.4. The summed E-state index contributed by atoms with van der Waals surface area (Å²) in [5, 5.41) is 0.277. The van der Waals surface area contributed by atoms with E-state index in [0.29, 0.717) is 12.8 Å². The third-order valence-electron chi connectivity index (χ3n) is 3.24. The first-order valence-corrected chi connectivity index (χ1v) is 7.84. The Kier molecular flexibility index (Phi) is 4.22. The van der Waals surface area contributed by atoms with Crippen molar-refractivity contribution in [3.63, 3.8) is 0 Å². The molecule has 1 heterocycles. The molecule has 110 valence electrons. The van der Waals surface area contributed by atoms with Crippen LogP contribution in [-0.2, 0) is 14.8 Å². The molecule has 0 radical (unpaired) electrons. The summed E-state index contributed by atoms with van der Waals surface area (Å²) in [6.07, 6.45) is 1.02. The lowest BCUT2D eigenvalue weighted by Gasteiger charge is -2.22. The third kappa shape index (κ3) is 2.61. The first-order valence-electron chi connectivity index (χ1n) is 6.02. The minimum Gasteiger partial charge on any atom is -0.495 e. The Bertz CT molecular complexity index is 632. The number of rotatable bonds is 4. The summed E-state index contributed by atoms with van der Waals surface area (Å²) in [6, 6.07) is 3.51. The van der Waals surface area contributed by atoms with E-state index < -0.39 is 22.0 Å². The van der Waals surface area contributed by atoms with E-state index in [9.17, 15) is 13.2 Å². The molecule has 0 saturated carbocycles. The molecule has 8 heteroatoms. The Balaban J connectivity index is 2.50. The molecule has 1 aliphatic heterocycles. The number of carbonyl (C=O) groups is 1. The van der Waals surface area contributed by atoms with Gasteiger partial charge in [-0.3, -0.25) is 4.79 Å². The van der Waals surface area contributed by atoms with Gasteiger partial charge in [0.2, 0.25) is 15.9 Å². The number of amides is 1. The second-order valence-corrected chi connectivity index (χ2v) is 6.77. The standard InChI is InChI=1S/C12H15ClN2O4S/c1-19-10-5-4-8(13)7-11(10)20(17,18)15-6-2-3-9(15)12(14)16/h4-5,7,9H,2-3,6H2,1H3,(H2,14,16). The minimum absolute atomic E-state index is 0.0550. The number of halogens is 1. The molecule has 1 saturated heterocycles. The molecule has 2 rings (SSSR count). The highest BCUT2D eigenvalue weighted by Gasteiger charge is 2.39. The molecule has 1 amide bonds. The van der Waals surface area contributed by atoms with E-state index in [1.165, 1.54) is 25.3 Å². The molecule has 0 aliphatic carbocycles. The molecule has 0 spiro atoms. The fourth-order valence-corrected chi connectivity index (χ4v) is 4.38. The van der Waals surface area contributed by atoms with Crippen LogP contribution in [0.15, 0.2) is 23.1 Å². The molecule has 20 heavy (non-hydrogen) atoms. The zero-order valence-electron chi connectivity index (χ0n) is 10.9. The number of benzene rings is 1. The number of hydrogen-bond acceptors (Lipinski definition) is 4. The van der Waals surface area contributed by atoms with Gasteiger partial charge in [0, 0.05) is 11.6 Å². The van der Waals surface area contributed by atoms with Gasteiger partial charge in [-0.25, -0.2) is 8.42 Å². The molecule has 1 unspecified atom stereocenters. The number of nitrogens with two attached hydrogens (primary N) is 1. The largest absolute Gasteiger partial charge is 0.495 e. The molecule has 2 N–H and O–H groups in total. The van der Waals surface area contributed by atoms with Crippen LogP contribution >= 0.6 is 11.6 Å². The average Bonchev–Trinajstić information content (AvgIpc) is 2.88. The van der Waals surface area contributed by atoms with Gasteiger partial charge in [-0.05, 0) is 31.0 Å². The van der Waals surface area contributed by atoms with Gasteiger partial charge in [-0.15, -0.1) is 0 Å². The fourth-order valence-electron chi connectivity index (χ4n) is 2.29. The van der Waals surface area contributed by atoms with Gasteiger partial charge in [0.25, 0.3) is 0 Å². The van der Waals surface area contributed by atoms with E-state index >= 15 is 0 Å². The lowest BCUT2D eigenvalue weighted by atomic mass is 10.2. The van der Waals surface area contributed by atoms with Crippen LogP contribution < -0.4 is 10.5 Å². The normalized spacial score (nSPS) is 20.0. The molecular weight excluding hydrogens is 304 g/mol. The summed E-state index contributed by atoms with van der Waals surface area (Å²) in [7, 11) is -2.50. The highest BCUT2D eigenvalue weighted by atomic mass is 35.5. The number of sulfonamides is 1. The van der Waals surface area contributed by atoms with Gasteiger partial charge >= 0.3 is 0 Å². The number of carbonyl (C=O) groups excluding carboxylic acids is 1. The van der Waals surface area contributed by atoms with Gasteiger partial charge in [-0.1, -0.05) is 11.6 Å². The summed E-state index contributed by atoms with van der Waals surface area (Å²) in [5.41, 5.74) is 5.26. The molecule has 6 nitrogen and oxygen atoms in total. The molecule has 0 aromatic heterocycles. The maximum absolute atomic E-state index is 12.7. The maximum atomic E-state index is 12.7. The smallest absolute Gasteiger partial charge is 0.247 e. The van der Waals surface area contributed by atoms with Crippen molar-refractivity contribution in [2.45, 2.75) is 23.8 Å². The van der Waals surface area contributed by atoms with Crippen molar-refractivity contribution >= 4 is 27.5 Å². The molecule has 1 aromatic rings. The van der Waals surface area contributed by atoms with Crippen LogP contribution in [-0.4, -0.2) is 38.3 Å². The van der Waals surface area contributed by atoms with E-state index in [2.05, 4.69) is 0 Å². The molecule has 1 atom stereocenters. The molecule has 1 fully saturated rings. The quantitative estimate of drug-likeness (QED) is 0.896. The van der Waals surface area contributed by atoms with Gasteiger partial charge in [0.1, 0.15) is 16.7 Å². The van der Waals surface area contributed by atoms with Crippen LogP contribution in [0.1, 0.15) is 12.8 Å². The lowest BCUT2D eigenvalue weighted by Crippen LogP contribution is -2.43. The second-order valence-electron chi connectivity index (χ2n) is 4.47. The fraction of sp³-hybridized carbons (Fsp3) is 0.417. The van der Waals surface area contributed by atoms with E-state index in [1.54, 1.807) is 0 Å². The van der Waals surface area contributed by atoms with Crippen LogP contribution in [0.25, 0.3) is 0 Å². The minimum atomic E-state index is -3.88. The van der Waals surface area contributed by atoms with Crippen molar-refractivity contribution in [2.75, 3.05) is 13.7 Å². The number of primary amides is 1. The maximum Gasteiger partial charge on any atom is 0.247 e. The number of ether oxygens (including phenoxy) is 1. The Morgan fingerprint density at radius 2 is 2.20 bits per heavy atom. The van der Waals surface area contributed by atoms with E-state index in [4.69, 9.17) is 22.1 Å². The van der Waals surface area contributed by atoms with Gasteiger partial charge in [0.05, 0.1) is 7.11 Å². The molecule has 0 bridgehead atoms. The third-order valence-corrected chi connectivity index (χ3v) is 5.41. The summed E-state index contributed by atoms with van der Waals surface area (Å²) >= 11 is 5.86. The van der Waals surface area contributed by atoms with E-state index in [-0.39, 0.29) is 22.2 Å². The molecule has 1 aromatic carbocycles. The highest BCUT2D eigenvalue weighted by molar-refractivity contribution is 7.89. The van der Waals surface area contributed by atoms with Crippen molar-refractivity contribution in [1.82, 2.24) is 4.31 Å². The Morgan fingerprint density at radius 1 is 1.50 bits per heavy atom. The Hall–Kier alpha value is -1.31. The van der Waals surface area contributed by atoms with Crippen LogP contribution in [0, 0.1) is 0 Å². The first kappa shape index (κ1) is 15.1.